The fourth-order valence-corrected chi connectivity index (χ4v) is 3.31. The predicted molar refractivity (Wildman–Crippen MR) is 121 cm³/mol. The molecule has 0 spiro atoms. The quantitative estimate of drug-likeness (QED) is 0.447. The van der Waals surface area contributed by atoms with E-state index >= 15 is 0 Å². The summed E-state index contributed by atoms with van der Waals surface area (Å²) in [7, 11) is 0. The Balaban J connectivity index is 1.69. The lowest BCUT2D eigenvalue weighted by Crippen LogP contribution is -2.20. The van der Waals surface area contributed by atoms with Gasteiger partial charge in [0.05, 0.1) is 12.4 Å². The Bertz CT molecular complexity index is 1340. The van der Waals surface area contributed by atoms with Crippen molar-refractivity contribution in [3.8, 4) is 11.8 Å². The summed E-state index contributed by atoms with van der Waals surface area (Å²) in [6, 6.07) is 0. The molecule has 4 rings (SSSR count). The van der Waals surface area contributed by atoms with Crippen molar-refractivity contribution in [1.82, 2.24) is 39.0 Å². The van der Waals surface area contributed by atoms with Crippen molar-refractivity contribution in [3.63, 3.8) is 0 Å². The summed E-state index contributed by atoms with van der Waals surface area (Å²) >= 11 is 0. The van der Waals surface area contributed by atoms with Gasteiger partial charge in [-0.25, -0.2) is 29.5 Å². The van der Waals surface area contributed by atoms with E-state index in [4.69, 9.17) is 0 Å². The van der Waals surface area contributed by atoms with Crippen LogP contribution in [0.1, 0.15) is 51.9 Å². The van der Waals surface area contributed by atoms with Crippen LogP contribution in [0.25, 0.3) is 22.6 Å². The molecule has 0 aliphatic rings. The topological polar surface area (TPSA) is 127 Å². The van der Waals surface area contributed by atoms with Gasteiger partial charge in [-0.1, -0.05) is 40.5 Å². The zero-order valence-corrected chi connectivity index (χ0v) is 18.6. The molecule has 0 aromatic carbocycles. The van der Waals surface area contributed by atoms with E-state index in [0.717, 1.165) is 12.8 Å². The van der Waals surface area contributed by atoms with E-state index < -0.39 is 0 Å². The number of H-pyrrole nitrogens is 2. The monoisotopic (exact) mass is 434 g/mol. The summed E-state index contributed by atoms with van der Waals surface area (Å²) in [6.07, 6.45) is 4.93. The van der Waals surface area contributed by atoms with Crippen LogP contribution in [0.15, 0.2) is 22.0 Å². The van der Waals surface area contributed by atoms with E-state index in [2.05, 4.69) is 69.4 Å². The lowest BCUT2D eigenvalue weighted by Gasteiger charge is -2.08. The summed E-state index contributed by atoms with van der Waals surface area (Å²) in [4.78, 5) is 47.6. The van der Waals surface area contributed by atoms with Crippen LogP contribution in [0, 0.1) is 23.7 Å². The molecule has 4 heterocycles. The van der Waals surface area contributed by atoms with Crippen molar-refractivity contribution < 1.29 is 0 Å². The predicted octanol–water partition coefficient (Wildman–Crippen LogP) is 2.04. The van der Waals surface area contributed by atoms with Crippen molar-refractivity contribution >= 4 is 22.6 Å². The number of fused-ring (bicyclic) bond motifs is 2. The van der Waals surface area contributed by atoms with Crippen molar-refractivity contribution in [2.24, 2.45) is 11.8 Å². The Morgan fingerprint density at radius 2 is 1.22 bits per heavy atom. The second-order valence-electron chi connectivity index (χ2n) is 8.21. The molecule has 0 saturated carbocycles. The Morgan fingerprint density at radius 1 is 0.812 bits per heavy atom. The number of nitrogens with zero attached hydrogens (tertiary/aromatic N) is 6. The van der Waals surface area contributed by atoms with Gasteiger partial charge in [-0.05, 0) is 23.7 Å². The summed E-state index contributed by atoms with van der Waals surface area (Å²) < 4.78 is 3.20. The number of aromatic amines is 2. The number of hydrogen-bond donors (Lipinski definition) is 2. The van der Waals surface area contributed by atoms with Crippen LogP contribution in [0.4, 0.5) is 0 Å². The van der Waals surface area contributed by atoms with Crippen LogP contribution >= 0.6 is 0 Å². The van der Waals surface area contributed by atoms with E-state index in [1.165, 1.54) is 12.4 Å². The van der Waals surface area contributed by atoms with Gasteiger partial charge in [-0.2, -0.15) is 0 Å². The SMILES string of the molecule is CCC(C)Cn1c(=O)[nH]c2ncc(C#Cc3cnc4[nH]c(=O)n(CC(C)CC)c4n3)nc21. The third-order valence-electron chi connectivity index (χ3n) is 5.66. The first kappa shape index (κ1) is 21.5. The fourth-order valence-electron chi connectivity index (χ4n) is 3.31. The molecule has 0 aliphatic carbocycles. The normalized spacial score (nSPS) is 13.2. The van der Waals surface area contributed by atoms with Gasteiger partial charge in [-0.3, -0.25) is 19.1 Å². The number of hydrogen-bond acceptors (Lipinski definition) is 6. The highest BCUT2D eigenvalue weighted by molar-refractivity contribution is 5.67. The van der Waals surface area contributed by atoms with E-state index in [0.29, 0.717) is 58.9 Å². The molecular weight excluding hydrogens is 408 g/mol. The highest BCUT2D eigenvalue weighted by atomic mass is 16.1. The van der Waals surface area contributed by atoms with Crippen LogP contribution in [0.2, 0.25) is 0 Å². The van der Waals surface area contributed by atoms with Gasteiger partial charge in [0, 0.05) is 13.1 Å². The average molecular weight is 435 g/mol. The minimum Gasteiger partial charge on any atom is -0.289 e. The maximum Gasteiger partial charge on any atom is 0.328 e. The lowest BCUT2D eigenvalue weighted by atomic mass is 10.1. The summed E-state index contributed by atoms with van der Waals surface area (Å²) in [5.41, 5.74) is 2.22. The molecule has 0 bridgehead atoms. The van der Waals surface area contributed by atoms with Gasteiger partial charge in [-0.15, -0.1) is 0 Å². The molecule has 10 nitrogen and oxygen atoms in total. The zero-order valence-electron chi connectivity index (χ0n) is 18.6. The van der Waals surface area contributed by atoms with Crippen molar-refractivity contribution in [2.75, 3.05) is 0 Å². The molecule has 10 heteroatoms. The maximum absolute atomic E-state index is 12.3. The van der Waals surface area contributed by atoms with Crippen molar-refractivity contribution in [3.05, 3.63) is 44.8 Å². The third kappa shape index (κ3) is 4.19. The average Bonchev–Trinajstić information content (AvgIpc) is 3.27. The molecule has 0 radical (unpaired) electrons. The molecule has 2 N–H and O–H groups in total. The van der Waals surface area contributed by atoms with Gasteiger partial charge in [0.2, 0.25) is 0 Å². The van der Waals surface area contributed by atoms with Crippen LogP contribution in [-0.4, -0.2) is 39.0 Å². The molecule has 0 aliphatic heterocycles. The van der Waals surface area contributed by atoms with Gasteiger partial charge in [0.25, 0.3) is 0 Å². The standard InChI is InChI=1S/C22H26N8O2/c1-5-13(3)11-29-19-17(27-21(29)31)23-9-15(25-19)7-8-16-10-24-18-20(26-16)30(22(32)28-18)12-14(4)6-2/h9-10,13-14H,5-6,11-12H2,1-4H3,(H,23,27,31)(H,24,28,32). The van der Waals surface area contributed by atoms with Crippen LogP contribution in [0.3, 0.4) is 0 Å². The minimum atomic E-state index is -0.228. The second-order valence-corrected chi connectivity index (χ2v) is 8.21. The third-order valence-corrected chi connectivity index (χ3v) is 5.66. The van der Waals surface area contributed by atoms with Gasteiger partial charge in [0.15, 0.2) is 22.6 Å². The Morgan fingerprint density at radius 3 is 1.59 bits per heavy atom. The van der Waals surface area contributed by atoms with Crippen LogP contribution < -0.4 is 11.4 Å². The fraction of sp³-hybridized carbons (Fsp3) is 0.455. The van der Waals surface area contributed by atoms with Crippen molar-refractivity contribution in [1.29, 1.82) is 0 Å². The molecular formula is C22H26N8O2. The van der Waals surface area contributed by atoms with Gasteiger partial charge in [0.1, 0.15) is 11.4 Å². The smallest absolute Gasteiger partial charge is 0.289 e. The lowest BCUT2D eigenvalue weighted by molar-refractivity contribution is 0.467. The first-order valence-electron chi connectivity index (χ1n) is 10.8. The summed E-state index contributed by atoms with van der Waals surface area (Å²) in [6.45, 7) is 9.45. The largest absolute Gasteiger partial charge is 0.328 e. The Kier molecular flexibility index (Phi) is 5.90. The Hall–Kier alpha value is -3.74. The number of nitrogens with one attached hydrogen (secondary N) is 2. The molecule has 166 valence electrons. The summed E-state index contributed by atoms with van der Waals surface area (Å²) in [5.74, 6) is 6.56. The van der Waals surface area contributed by atoms with Crippen LogP contribution in [0.5, 0.6) is 0 Å². The highest BCUT2D eigenvalue weighted by Crippen LogP contribution is 2.11. The Labute approximate surface area is 184 Å². The molecule has 0 saturated heterocycles. The molecule has 2 atom stereocenters. The molecule has 0 amide bonds. The number of imidazole rings is 2. The molecule has 0 fully saturated rings. The van der Waals surface area contributed by atoms with Gasteiger partial charge >= 0.3 is 11.4 Å². The minimum absolute atomic E-state index is 0.228. The first-order chi connectivity index (χ1) is 15.4. The van der Waals surface area contributed by atoms with Crippen LogP contribution in [-0.2, 0) is 13.1 Å². The highest BCUT2D eigenvalue weighted by Gasteiger charge is 2.13. The molecule has 2 unspecified atom stereocenters. The number of rotatable bonds is 6. The van der Waals surface area contributed by atoms with E-state index in [1.54, 1.807) is 9.13 Å². The zero-order chi connectivity index (χ0) is 22.8. The van der Waals surface area contributed by atoms with Gasteiger partial charge < -0.3 is 0 Å². The molecule has 4 aromatic heterocycles. The molecule has 4 aromatic rings. The van der Waals surface area contributed by atoms with Crippen molar-refractivity contribution in [2.45, 2.75) is 53.6 Å². The molecule has 32 heavy (non-hydrogen) atoms. The number of aromatic nitrogens is 8. The van der Waals surface area contributed by atoms with E-state index in [9.17, 15) is 9.59 Å². The van der Waals surface area contributed by atoms with E-state index in [-0.39, 0.29) is 11.4 Å². The first-order valence-corrected chi connectivity index (χ1v) is 10.8. The van der Waals surface area contributed by atoms with E-state index in [1.807, 2.05) is 0 Å². The maximum atomic E-state index is 12.3. The summed E-state index contributed by atoms with van der Waals surface area (Å²) in [5, 5.41) is 0. The second kappa shape index (κ2) is 8.78.